The Balaban J connectivity index is 1.77. The zero-order chi connectivity index (χ0) is 11.5. The van der Waals surface area contributed by atoms with E-state index >= 15 is 0 Å². The van der Waals surface area contributed by atoms with E-state index in [0.717, 1.165) is 52.5 Å². The minimum Gasteiger partial charge on any atom is -0.380 e. The van der Waals surface area contributed by atoms with E-state index < -0.39 is 0 Å². The lowest BCUT2D eigenvalue weighted by Crippen LogP contribution is -2.28. The maximum Gasteiger partial charge on any atom is 0.0808 e. The normalized spacial score (nSPS) is 21.2. The van der Waals surface area contributed by atoms with Gasteiger partial charge in [0.1, 0.15) is 0 Å². The minimum atomic E-state index is 0.331. The topological polar surface area (TPSA) is 39.7 Å². The van der Waals surface area contributed by atoms with Crippen LogP contribution in [0.15, 0.2) is 0 Å². The molecule has 1 heterocycles. The van der Waals surface area contributed by atoms with Crippen molar-refractivity contribution in [1.82, 2.24) is 5.32 Å². The highest BCUT2D eigenvalue weighted by Crippen LogP contribution is 2.12. The number of ether oxygens (including phenoxy) is 3. The van der Waals surface area contributed by atoms with E-state index in [1.165, 1.54) is 12.8 Å². The maximum atomic E-state index is 5.57. The number of rotatable bonds is 9. The van der Waals surface area contributed by atoms with Crippen LogP contribution in [0.1, 0.15) is 26.2 Å². The zero-order valence-corrected chi connectivity index (χ0v) is 10.4. The molecule has 0 bridgehead atoms. The molecular weight excluding hydrogens is 206 g/mol. The molecule has 0 spiro atoms. The average molecular weight is 231 g/mol. The molecule has 1 aliphatic rings. The van der Waals surface area contributed by atoms with Crippen LogP contribution in [0.25, 0.3) is 0 Å². The quantitative estimate of drug-likeness (QED) is 0.605. The van der Waals surface area contributed by atoms with Gasteiger partial charge in [0.2, 0.25) is 0 Å². The molecule has 1 fully saturated rings. The Bertz CT molecular complexity index is 149. The second-order valence-electron chi connectivity index (χ2n) is 4.01. The van der Waals surface area contributed by atoms with Gasteiger partial charge in [0.25, 0.3) is 0 Å². The predicted octanol–water partition coefficient (Wildman–Crippen LogP) is 1.20. The molecule has 96 valence electrons. The van der Waals surface area contributed by atoms with Crippen LogP contribution < -0.4 is 5.32 Å². The third kappa shape index (κ3) is 7.17. The summed E-state index contributed by atoms with van der Waals surface area (Å²) in [5.74, 6) is 0. The van der Waals surface area contributed by atoms with Crippen LogP contribution in [-0.4, -0.2) is 52.2 Å². The molecule has 1 aliphatic heterocycles. The van der Waals surface area contributed by atoms with Gasteiger partial charge in [0, 0.05) is 26.3 Å². The van der Waals surface area contributed by atoms with Crippen molar-refractivity contribution in [2.24, 2.45) is 0 Å². The van der Waals surface area contributed by atoms with E-state index in [2.05, 4.69) is 5.32 Å². The molecule has 0 aromatic heterocycles. The van der Waals surface area contributed by atoms with Gasteiger partial charge in [0.15, 0.2) is 0 Å². The Morgan fingerprint density at radius 1 is 1.19 bits per heavy atom. The van der Waals surface area contributed by atoms with Gasteiger partial charge in [-0.1, -0.05) is 0 Å². The monoisotopic (exact) mass is 231 g/mol. The second-order valence-corrected chi connectivity index (χ2v) is 4.01. The largest absolute Gasteiger partial charge is 0.380 e. The molecule has 1 saturated heterocycles. The summed E-state index contributed by atoms with van der Waals surface area (Å²) in [6, 6.07) is 0. The molecule has 4 heteroatoms. The molecule has 1 N–H and O–H groups in total. The standard InChI is InChI=1S/C12H25NO3/c1-2-14-9-6-13-7-10-15-11-12-5-3-4-8-16-12/h12-13H,2-11H2,1H3. The first-order valence-electron chi connectivity index (χ1n) is 6.41. The first kappa shape index (κ1) is 13.9. The summed E-state index contributed by atoms with van der Waals surface area (Å²) in [6.45, 7) is 7.77. The van der Waals surface area contributed by atoms with Crippen molar-refractivity contribution in [1.29, 1.82) is 0 Å². The molecule has 0 radical (unpaired) electrons. The highest BCUT2D eigenvalue weighted by atomic mass is 16.5. The van der Waals surface area contributed by atoms with E-state index in [4.69, 9.17) is 14.2 Å². The maximum absolute atomic E-state index is 5.57. The van der Waals surface area contributed by atoms with E-state index in [9.17, 15) is 0 Å². The summed E-state index contributed by atoms with van der Waals surface area (Å²) in [5.41, 5.74) is 0. The molecular formula is C12H25NO3. The van der Waals surface area contributed by atoms with Crippen LogP contribution in [0.4, 0.5) is 0 Å². The lowest BCUT2D eigenvalue weighted by Gasteiger charge is -2.22. The average Bonchev–Trinajstić information content (AvgIpc) is 2.34. The summed E-state index contributed by atoms with van der Waals surface area (Å²) in [7, 11) is 0. The molecule has 0 aromatic rings. The third-order valence-electron chi connectivity index (χ3n) is 2.63. The van der Waals surface area contributed by atoms with Crippen molar-refractivity contribution in [2.45, 2.75) is 32.3 Å². The van der Waals surface area contributed by atoms with Crippen molar-refractivity contribution >= 4 is 0 Å². The molecule has 0 aromatic carbocycles. The summed E-state index contributed by atoms with van der Waals surface area (Å²) in [4.78, 5) is 0. The second kappa shape index (κ2) is 10.0. The number of hydrogen-bond acceptors (Lipinski definition) is 4. The first-order valence-corrected chi connectivity index (χ1v) is 6.41. The van der Waals surface area contributed by atoms with Crippen molar-refractivity contribution in [2.75, 3.05) is 46.1 Å². The van der Waals surface area contributed by atoms with Gasteiger partial charge >= 0.3 is 0 Å². The molecule has 16 heavy (non-hydrogen) atoms. The Labute approximate surface area is 98.6 Å². The number of nitrogens with one attached hydrogen (secondary N) is 1. The minimum absolute atomic E-state index is 0.331. The van der Waals surface area contributed by atoms with E-state index in [-0.39, 0.29) is 0 Å². The lowest BCUT2D eigenvalue weighted by atomic mass is 10.1. The first-order chi connectivity index (χ1) is 7.93. The fraction of sp³-hybridized carbons (Fsp3) is 1.00. The highest BCUT2D eigenvalue weighted by molar-refractivity contribution is 4.62. The molecule has 0 aliphatic carbocycles. The third-order valence-corrected chi connectivity index (χ3v) is 2.63. The molecule has 4 nitrogen and oxygen atoms in total. The fourth-order valence-corrected chi connectivity index (χ4v) is 1.71. The molecule has 1 atom stereocenters. The van der Waals surface area contributed by atoms with Gasteiger partial charge in [-0.05, 0) is 26.2 Å². The summed E-state index contributed by atoms with van der Waals surface area (Å²) < 4.78 is 16.3. The van der Waals surface area contributed by atoms with E-state index in [1.807, 2.05) is 6.92 Å². The summed E-state index contributed by atoms with van der Waals surface area (Å²) >= 11 is 0. The molecule has 1 rings (SSSR count). The Kier molecular flexibility index (Phi) is 8.71. The van der Waals surface area contributed by atoms with Crippen molar-refractivity contribution in [3.63, 3.8) is 0 Å². The molecule has 0 amide bonds. The van der Waals surface area contributed by atoms with E-state index in [1.54, 1.807) is 0 Å². The SMILES string of the molecule is CCOCCNCCOCC1CCCCO1. The van der Waals surface area contributed by atoms with Crippen molar-refractivity contribution in [3.8, 4) is 0 Å². The number of hydrogen-bond donors (Lipinski definition) is 1. The molecule has 1 unspecified atom stereocenters. The highest BCUT2D eigenvalue weighted by Gasteiger charge is 2.13. The van der Waals surface area contributed by atoms with Crippen LogP contribution >= 0.6 is 0 Å². The van der Waals surface area contributed by atoms with Gasteiger partial charge in [-0.3, -0.25) is 0 Å². The van der Waals surface area contributed by atoms with Gasteiger partial charge in [0.05, 0.1) is 25.9 Å². The van der Waals surface area contributed by atoms with Crippen molar-refractivity contribution in [3.05, 3.63) is 0 Å². The van der Waals surface area contributed by atoms with Crippen LogP contribution in [0.5, 0.6) is 0 Å². The van der Waals surface area contributed by atoms with Crippen LogP contribution in [-0.2, 0) is 14.2 Å². The van der Waals surface area contributed by atoms with Crippen LogP contribution in [0.3, 0.4) is 0 Å². The Hall–Kier alpha value is -0.160. The van der Waals surface area contributed by atoms with E-state index in [0.29, 0.717) is 6.10 Å². The van der Waals surface area contributed by atoms with Crippen LogP contribution in [0.2, 0.25) is 0 Å². The van der Waals surface area contributed by atoms with Gasteiger partial charge in [-0.15, -0.1) is 0 Å². The fourth-order valence-electron chi connectivity index (χ4n) is 1.71. The Morgan fingerprint density at radius 2 is 2.00 bits per heavy atom. The van der Waals surface area contributed by atoms with Gasteiger partial charge in [-0.25, -0.2) is 0 Å². The smallest absolute Gasteiger partial charge is 0.0808 e. The van der Waals surface area contributed by atoms with Crippen LogP contribution in [0, 0.1) is 0 Å². The van der Waals surface area contributed by atoms with Gasteiger partial charge in [-0.2, -0.15) is 0 Å². The van der Waals surface area contributed by atoms with Gasteiger partial charge < -0.3 is 19.5 Å². The lowest BCUT2D eigenvalue weighted by molar-refractivity contribution is -0.0399. The Morgan fingerprint density at radius 3 is 2.69 bits per heavy atom. The molecule has 0 saturated carbocycles. The predicted molar refractivity (Wildman–Crippen MR) is 63.8 cm³/mol. The zero-order valence-electron chi connectivity index (χ0n) is 10.4. The van der Waals surface area contributed by atoms with Crippen molar-refractivity contribution < 1.29 is 14.2 Å². The summed E-state index contributed by atoms with van der Waals surface area (Å²) in [6.07, 6.45) is 3.96. The summed E-state index contributed by atoms with van der Waals surface area (Å²) in [5, 5.41) is 3.27.